The zero-order valence-corrected chi connectivity index (χ0v) is 15.3. The van der Waals surface area contributed by atoms with Crippen LogP contribution in [0.4, 0.5) is 0 Å². The Bertz CT molecular complexity index is 1060. The van der Waals surface area contributed by atoms with E-state index >= 15 is 0 Å². The van der Waals surface area contributed by atoms with Crippen molar-refractivity contribution in [2.45, 2.75) is 18.4 Å². The second-order valence-corrected chi connectivity index (χ2v) is 7.10. The minimum Gasteiger partial charge on any atom is -0.507 e. The van der Waals surface area contributed by atoms with Gasteiger partial charge in [0.05, 0.1) is 12.2 Å². The molecule has 28 heavy (non-hydrogen) atoms. The molecule has 2 heterocycles. The van der Waals surface area contributed by atoms with Crippen LogP contribution in [0.15, 0.2) is 51.7 Å². The molecule has 1 aromatic heterocycles. The quantitative estimate of drug-likeness (QED) is 0.639. The molecule has 0 radical (unpaired) electrons. The van der Waals surface area contributed by atoms with Gasteiger partial charge in [0, 0.05) is 24.1 Å². The van der Waals surface area contributed by atoms with Crippen LogP contribution in [-0.2, 0) is 0 Å². The molecule has 146 valence electrons. The fourth-order valence-corrected chi connectivity index (χ4v) is 3.74. The van der Waals surface area contributed by atoms with Crippen LogP contribution in [0, 0.1) is 0 Å². The molecule has 0 bridgehead atoms. The number of phenolic OH excluding ortho intramolecular Hbond substituents is 2. The average Bonchev–Trinajstić information content (AvgIpc) is 2.63. The Balaban J connectivity index is 1.88. The van der Waals surface area contributed by atoms with Gasteiger partial charge >= 0.3 is 0 Å². The van der Waals surface area contributed by atoms with Crippen molar-refractivity contribution in [2.75, 3.05) is 20.1 Å². The lowest BCUT2D eigenvalue weighted by Crippen LogP contribution is -2.40. The highest BCUT2D eigenvalue weighted by molar-refractivity contribution is 5.88. The number of likely N-dealkylation sites (tertiary alicyclic amines) is 1. The first-order valence-corrected chi connectivity index (χ1v) is 9.06. The number of rotatable bonds is 3. The number of nitrogens with zero attached hydrogens (tertiary/aromatic N) is 1. The Morgan fingerprint density at radius 3 is 2.61 bits per heavy atom. The van der Waals surface area contributed by atoms with Gasteiger partial charge in [-0.3, -0.25) is 4.79 Å². The molecule has 3 aromatic rings. The molecule has 1 fully saturated rings. The topological polar surface area (TPSA) is 103 Å². The highest BCUT2D eigenvalue weighted by Gasteiger charge is 2.33. The van der Waals surface area contributed by atoms with E-state index in [4.69, 9.17) is 9.15 Å². The van der Waals surface area contributed by atoms with E-state index in [1.165, 1.54) is 0 Å². The molecule has 2 aromatic carbocycles. The van der Waals surface area contributed by atoms with E-state index < -0.39 is 17.5 Å². The number of hydrogen-bond donors (Lipinski definition) is 3. The summed E-state index contributed by atoms with van der Waals surface area (Å²) < 4.78 is 11.4. The first kappa shape index (κ1) is 18.3. The van der Waals surface area contributed by atoms with Gasteiger partial charge in [-0.25, -0.2) is 0 Å². The summed E-state index contributed by atoms with van der Waals surface area (Å²) in [5.74, 6) is -0.612. The fourth-order valence-electron chi connectivity index (χ4n) is 3.74. The number of aliphatic hydroxyl groups is 1. The maximum absolute atomic E-state index is 12.6. The van der Waals surface area contributed by atoms with E-state index in [2.05, 4.69) is 0 Å². The van der Waals surface area contributed by atoms with Crippen molar-refractivity contribution in [3.63, 3.8) is 0 Å². The summed E-state index contributed by atoms with van der Waals surface area (Å²) in [5.41, 5.74) is -0.151. The summed E-state index contributed by atoms with van der Waals surface area (Å²) in [4.78, 5) is 14.6. The lowest BCUT2D eigenvalue weighted by molar-refractivity contribution is 0.0630. The van der Waals surface area contributed by atoms with Crippen LogP contribution in [0.1, 0.15) is 17.9 Å². The Hall–Kier alpha value is -3.03. The third kappa shape index (κ3) is 3.30. The van der Waals surface area contributed by atoms with Gasteiger partial charge < -0.3 is 29.4 Å². The molecule has 3 N–H and O–H groups in total. The van der Waals surface area contributed by atoms with Gasteiger partial charge in [0.25, 0.3) is 5.95 Å². The van der Waals surface area contributed by atoms with Gasteiger partial charge in [0.1, 0.15) is 22.6 Å². The number of aliphatic hydroxyl groups excluding tert-OH is 1. The number of piperidine rings is 1. The van der Waals surface area contributed by atoms with Crippen LogP contribution in [0.5, 0.6) is 23.2 Å². The second kappa shape index (κ2) is 7.18. The third-order valence-electron chi connectivity index (χ3n) is 5.09. The Morgan fingerprint density at radius 1 is 1.14 bits per heavy atom. The summed E-state index contributed by atoms with van der Waals surface area (Å²) in [6, 6.07) is 11.1. The molecule has 2 atom stereocenters. The van der Waals surface area contributed by atoms with E-state index in [1.807, 2.05) is 18.0 Å². The van der Waals surface area contributed by atoms with Crippen molar-refractivity contribution >= 4 is 11.0 Å². The van der Waals surface area contributed by atoms with Crippen molar-refractivity contribution in [3.05, 3.63) is 58.3 Å². The molecular formula is C21H21NO6. The second-order valence-electron chi connectivity index (χ2n) is 7.10. The summed E-state index contributed by atoms with van der Waals surface area (Å²) in [6.45, 7) is 1.14. The zero-order valence-electron chi connectivity index (χ0n) is 15.3. The number of β-amino-alcohol motifs (C(OH)–C–C–N with tert-alkyl or cyclic N) is 1. The smallest absolute Gasteiger partial charge is 0.294 e. The summed E-state index contributed by atoms with van der Waals surface area (Å²) in [7, 11) is 1.90. The lowest BCUT2D eigenvalue weighted by Gasteiger charge is -2.34. The highest BCUT2D eigenvalue weighted by Crippen LogP contribution is 2.42. The highest BCUT2D eigenvalue weighted by atomic mass is 16.6. The summed E-state index contributed by atoms with van der Waals surface area (Å²) in [5, 5.41) is 31.2. The normalized spacial score (nSPS) is 20.4. The number of likely N-dealkylation sites (N-methyl/N-ethyl adjacent to an activating group) is 1. The molecular weight excluding hydrogens is 362 g/mol. The molecule has 7 heteroatoms. The van der Waals surface area contributed by atoms with Crippen molar-refractivity contribution in [3.8, 4) is 23.2 Å². The van der Waals surface area contributed by atoms with Gasteiger partial charge in [0.2, 0.25) is 0 Å². The molecule has 1 aliphatic rings. The Labute approximate surface area is 161 Å². The predicted octanol–water partition coefficient (Wildman–Crippen LogP) is 2.78. The maximum atomic E-state index is 12.6. The van der Waals surface area contributed by atoms with Crippen molar-refractivity contribution in [1.82, 2.24) is 4.90 Å². The molecule has 0 unspecified atom stereocenters. The maximum Gasteiger partial charge on any atom is 0.294 e. The molecule has 1 saturated heterocycles. The monoisotopic (exact) mass is 383 g/mol. The molecule has 7 nitrogen and oxygen atoms in total. The van der Waals surface area contributed by atoms with E-state index in [1.54, 1.807) is 24.3 Å². The first-order chi connectivity index (χ1) is 13.4. The van der Waals surface area contributed by atoms with Crippen LogP contribution in [0.2, 0.25) is 0 Å². The van der Waals surface area contributed by atoms with E-state index in [0.717, 1.165) is 12.1 Å². The Kier molecular flexibility index (Phi) is 4.70. The molecule has 4 rings (SSSR count). The van der Waals surface area contributed by atoms with Gasteiger partial charge in [-0.15, -0.1) is 0 Å². The van der Waals surface area contributed by atoms with E-state index in [0.29, 0.717) is 30.8 Å². The largest absolute Gasteiger partial charge is 0.507 e. The van der Waals surface area contributed by atoms with Crippen molar-refractivity contribution in [2.24, 2.45) is 0 Å². The molecule has 0 spiro atoms. The fraction of sp³-hybridized carbons (Fsp3) is 0.286. The molecule has 0 aliphatic carbocycles. The number of benzene rings is 2. The van der Waals surface area contributed by atoms with Gasteiger partial charge in [-0.05, 0) is 32.1 Å². The van der Waals surface area contributed by atoms with Crippen LogP contribution < -0.4 is 10.2 Å². The average molecular weight is 383 g/mol. The van der Waals surface area contributed by atoms with Gasteiger partial charge in [-0.1, -0.05) is 18.2 Å². The standard InChI is InChI=1S/C21H21NO6/c1-22-8-7-13(17(26)11-22)19-14(23)9-15(24)20-16(25)10-18(28-21(19)20)27-12-5-3-2-4-6-12/h2-6,9-10,13,17,23-24,26H,7-8,11H2,1H3/t13-,17+/m0/s1. The molecule has 1 aliphatic heterocycles. The van der Waals surface area contributed by atoms with Crippen LogP contribution >= 0.6 is 0 Å². The van der Waals surface area contributed by atoms with Crippen molar-refractivity contribution in [1.29, 1.82) is 0 Å². The van der Waals surface area contributed by atoms with Gasteiger partial charge in [-0.2, -0.15) is 0 Å². The number of hydrogen-bond acceptors (Lipinski definition) is 7. The number of aromatic hydroxyl groups is 2. The SMILES string of the molecule is CN1CC[C@H](c2c(O)cc(O)c3c(=O)cc(Oc4ccccc4)oc23)[C@H](O)C1. The van der Waals surface area contributed by atoms with Gasteiger partial charge in [0.15, 0.2) is 11.0 Å². The van der Waals surface area contributed by atoms with Crippen molar-refractivity contribution < 1.29 is 24.5 Å². The number of fused-ring (bicyclic) bond motifs is 1. The first-order valence-electron chi connectivity index (χ1n) is 9.06. The minimum atomic E-state index is -0.749. The molecule has 0 saturated carbocycles. The van der Waals surface area contributed by atoms with Crippen LogP contribution in [0.3, 0.4) is 0 Å². The predicted molar refractivity (Wildman–Crippen MR) is 103 cm³/mol. The summed E-state index contributed by atoms with van der Waals surface area (Å²) >= 11 is 0. The van der Waals surface area contributed by atoms with E-state index in [-0.39, 0.29) is 28.4 Å². The van der Waals surface area contributed by atoms with Crippen LogP contribution in [0.25, 0.3) is 11.0 Å². The number of phenols is 2. The number of ether oxygens (including phenoxy) is 1. The summed E-state index contributed by atoms with van der Waals surface area (Å²) in [6.07, 6.45) is -0.181. The number of para-hydroxylation sites is 1. The van der Waals surface area contributed by atoms with Crippen LogP contribution in [-0.4, -0.2) is 46.5 Å². The van der Waals surface area contributed by atoms with E-state index in [9.17, 15) is 20.1 Å². The lowest BCUT2D eigenvalue weighted by atomic mass is 9.85. The minimum absolute atomic E-state index is 0.0320. The third-order valence-corrected chi connectivity index (χ3v) is 5.09. The molecule has 0 amide bonds. The Morgan fingerprint density at radius 2 is 1.89 bits per heavy atom. The zero-order chi connectivity index (χ0) is 19.8.